The molecule has 12 aliphatic rings. The maximum atomic E-state index is 16.4. The predicted molar refractivity (Wildman–Crippen MR) is 330 cm³/mol. The van der Waals surface area contributed by atoms with Crippen LogP contribution < -0.4 is 5.32 Å². The maximum Gasteiger partial charge on any atom is 0.160 e. The van der Waals surface area contributed by atoms with Gasteiger partial charge in [0.05, 0.1) is 52.6 Å². The second-order valence-corrected chi connectivity index (χ2v) is 32.9. The van der Waals surface area contributed by atoms with Crippen molar-refractivity contribution in [2.24, 2.45) is 50.2 Å². The molecule has 9 aliphatic carbocycles. The zero-order valence-corrected chi connectivity index (χ0v) is 52.5. The average Bonchev–Trinajstić information content (AvgIpc) is 1.64. The number of aliphatic hydroxyl groups excluding tert-OH is 2. The number of aromatic amines is 2. The van der Waals surface area contributed by atoms with Crippen LogP contribution in [0.25, 0.3) is 11.0 Å². The van der Waals surface area contributed by atoms with Crippen LogP contribution in [0.3, 0.4) is 0 Å². The molecule has 2 saturated heterocycles. The maximum absolute atomic E-state index is 16.4. The van der Waals surface area contributed by atoms with Gasteiger partial charge in [-0.15, -0.1) is 0 Å². The molecule has 3 spiro atoms. The summed E-state index contributed by atoms with van der Waals surface area (Å²) >= 11 is 0. The van der Waals surface area contributed by atoms with Crippen molar-refractivity contribution in [1.29, 1.82) is 0 Å². The number of carbonyl (C=O) groups is 2. The Morgan fingerprint density at radius 1 is 0.847 bits per heavy atom. The number of rotatable bonds is 8. The van der Waals surface area contributed by atoms with Gasteiger partial charge in [0, 0.05) is 84.9 Å². The summed E-state index contributed by atoms with van der Waals surface area (Å²) in [5.41, 5.74) is 8.29. The molecule has 9 fully saturated rings. The minimum Gasteiger partial charge on any atom is -0.392 e. The summed E-state index contributed by atoms with van der Waals surface area (Å²) in [6, 6.07) is 9.75. The van der Waals surface area contributed by atoms with Crippen molar-refractivity contribution in [2.45, 2.75) is 274 Å². The molecule has 3 aliphatic heterocycles. The van der Waals surface area contributed by atoms with Gasteiger partial charge in [0.25, 0.3) is 0 Å². The number of nitrogens with zero attached hydrogens (tertiary/aromatic N) is 1. The highest BCUT2D eigenvalue weighted by molar-refractivity contribution is 6.02. The quantitative estimate of drug-likeness (QED) is 0.0949. The smallest absolute Gasteiger partial charge is 0.160 e. The number of hydrogen-bond donors (Lipinski definition) is 6. The van der Waals surface area contributed by atoms with Crippen LogP contribution in [-0.2, 0) is 44.1 Å². The highest BCUT2D eigenvalue weighted by Gasteiger charge is 2.81. The van der Waals surface area contributed by atoms with Crippen LogP contribution >= 0.6 is 0 Å². The number of allylic oxidation sites excluding steroid dienone is 1. The summed E-state index contributed by atoms with van der Waals surface area (Å²) in [7, 11) is 2.09. The third-order valence-electron chi connectivity index (χ3n) is 28.6. The molecule has 0 unspecified atom stereocenters. The summed E-state index contributed by atoms with van der Waals surface area (Å²) in [4.78, 5) is 40.1. The van der Waals surface area contributed by atoms with E-state index in [2.05, 4.69) is 111 Å². The zero-order valence-electron chi connectivity index (χ0n) is 52.5. The molecule has 6 heterocycles. The Balaban J connectivity index is 0.861. The van der Waals surface area contributed by atoms with E-state index in [0.717, 1.165) is 112 Å². The number of Topliss-reactive ketones (excluding diaryl/α,β-unsaturated/α-hetero) is 2. The van der Waals surface area contributed by atoms with Crippen LogP contribution in [0.5, 0.6) is 0 Å². The van der Waals surface area contributed by atoms with E-state index in [1.807, 2.05) is 0 Å². The fourth-order valence-electron chi connectivity index (χ4n) is 24.6. The number of epoxide rings is 1. The minimum atomic E-state index is -0.957. The lowest BCUT2D eigenvalue weighted by atomic mass is 9.27. The molecule has 0 amide bonds. The summed E-state index contributed by atoms with van der Waals surface area (Å²) in [5.74, 6) is 0.789. The van der Waals surface area contributed by atoms with Gasteiger partial charge in [-0.1, -0.05) is 90.8 Å². The second kappa shape index (κ2) is 19.1. The number of ketones is 2. The molecule has 3 aromatic heterocycles. The van der Waals surface area contributed by atoms with E-state index in [1.165, 1.54) is 77.6 Å². The van der Waals surface area contributed by atoms with Gasteiger partial charge in [-0.25, -0.2) is 0 Å². The molecular formula is C74H100N4O7. The number of aromatic nitrogens is 3. The van der Waals surface area contributed by atoms with Gasteiger partial charge >= 0.3 is 0 Å². The Morgan fingerprint density at radius 3 is 2.41 bits per heavy atom. The van der Waals surface area contributed by atoms with Crippen molar-refractivity contribution in [3.63, 3.8) is 0 Å². The van der Waals surface area contributed by atoms with Gasteiger partial charge in [0.15, 0.2) is 5.78 Å². The van der Waals surface area contributed by atoms with E-state index in [9.17, 15) is 15.3 Å². The topological polar surface area (TPSA) is 165 Å². The van der Waals surface area contributed by atoms with E-state index in [4.69, 9.17) is 9.47 Å². The number of ether oxygens (including phenoxy) is 2. The van der Waals surface area contributed by atoms with Crippen molar-refractivity contribution in [3.05, 3.63) is 93.1 Å². The number of hydrogen-bond acceptors (Lipinski definition) is 8. The van der Waals surface area contributed by atoms with Gasteiger partial charge in [-0.05, 0) is 208 Å². The summed E-state index contributed by atoms with van der Waals surface area (Å²) < 4.78 is 15.4. The number of fused-ring (bicyclic) bond motifs is 9. The molecule has 85 heavy (non-hydrogen) atoms. The number of aryl methyl sites for hydroxylation is 1. The van der Waals surface area contributed by atoms with Gasteiger partial charge in [0.1, 0.15) is 11.9 Å². The van der Waals surface area contributed by atoms with Gasteiger partial charge in [-0.2, -0.15) is 0 Å². The van der Waals surface area contributed by atoms with Crippen molar-refractivity contribution >= 4 is 22.6 Å². The Hall–Kier alpha value is -3.84. The molecule has 16 atom stereocenters. The van der Waals surface area contributed by atoms with Crippen LogP contribution in [0.1, 0.15) is 252 Å². The first-order valence-electron chi connectivity index (χ1n) is 34.5. The predicted octanol–water partition coefficient (Wildman–Crippen LogP) is 13.6. The molecule has 458 valence electrons. The lowest BCUT2D eigenvalue weighted by molar-refractivity contribution is -0.271. The number of nitrogens with one attached hydrogen (secondary N) is 3. The second-order valence-electron chi connectivity index (χ2n) is 32.9. The number of aliphatic hydroxyl groups is 3. The lowest BCUT2D eigenvalue weighted by Gasteiger charge is -2.76. The Kier molecular flexibility index (Phi) is 12.7. The Labute approximate surface area is 505 Å². The number of benzene rings is 1. The monoisotopic (exact) mass is 1160 g/mol. The van der Waals surface area contributed by atoms with E-state index >= 15 is 9.59 Å². The molecule has 2 bridgehead atoms. The largest absolute Gasteiger partial charge is 0.392 e. The zero-order chi connectivity index (χ0) is 58.6. The summed E-state index contributed by atoms with van der Waals surface area (Å²) in [6.07, 6.45) is 29.4. The molecular weight excluding hydrogens is 1060 g/mol. The number of carbonyl (C=O) groups excluding carboxylic acids is 2. The fraction of sp³-hybridized carbons (Fsp3) is 0.730. The molecule has 1 aromatic carbocycles. The van der Waals surface area contributed by atoms with E-state index in [-0.39, 0.29) is 46.7 Å². The van der Waals surface area contributed by atoms with Crippen LogP contribution in [0.15, 0.2) is 54.0 Å². The van der Waals surface area contributed by atoms with Crippen LogP contribution in [0, 0.1) is 50.2 Å². The van der Waals surface area contributed by atoms with Gasteiger partial charge < -0.3 is 44.6 Å². The SMILES string of the molecule is CN[C@@H]1CCC[C@@]2(C1)C(=O)[C@@H]1c3cc[nH]c3[C@@H]3CC[C@]1(C3)[C@@]1(C)[C@H]3[C@H](O)[C@@H]4Cn5cc(Cc6cc(C7CCCCC7)cc([C@]7(O)CCOC8(CCCCC8)C7)c6)c6[nH]cc(c65)CC[C@@](C)(C[C@@H](O)[C@H]5OC5(C)C)C5=C4[C@](C)(CC5=O)[C@@]3(C)CC[C@@H]21. The average molecular weight is 1160 g/mol. The Bertz CT molecular complexity index is 3400. The first kappa shape index (κ1) is 56.4. The van der Waals surface area contributed by atoms with Crippen LogP contribution in [-0.4, -0.2) is 90.6 Å². The third-order valence-corrected chi connectivity index (χ3v) is 28.6. The lowest BCUT2D eigenvalue weighted by Crippen LogP contribution is -2.75. The third kappa shape index (κ3) is 7.76. The minimum absolute atomic E-state index is 0.0993. The van der Waals surface area contributed by atoms with Gasteiger partial charge in [0.2, 0.25) is 0 Å². The molecule has 11 heteroatoms. The van der Waals surface area contributed by atoms with E-state index < -0.39 is 56.4 Å². The van der Waals surface area contributed by atoms with Crippen molar-refractivity contribution in [1.82, 2.24) is 19.9 Å². The van der Waals surface area contributed by atoms with Crippen LogP contribution in [0.4, 0.5) is 0 Å². The first-order valence-corrected chi connectivity index (χ1v) is 34.5. The Morgan fingerprint density at radius 2 is 1.64 bits per heavy atom. The van der Waals surface area contributed by atoms with Crippen molar-refractivity contribution in [3.8, 4) is 0 Å². The highest BCUT2D eigenvalue weighted by atomic mass is 16.6. The fourth-order valence-corrected chi connectivity index (χ4v) is 24.6. The summed E-state index contributed by atoms with van der Waals surface area (Å²) in [5, 5.41) is 43.9. The number of H-pyrrole nitrogens is 2. The normalized spacial score (nSPS) is 42.9. The van der Waals surface area contributed by atoms with E-state index in [0.29, 0.717) is 69.3 Å². The molecule has 0 radical (unpaired) electrons. The summed E-state index contributed by atoms with van der Waals surface area (Å²) in [6.45, 7) is 15.1. The molecule has 11 nitrogen and oxygen atoms in total. The van der Waals surface area contributed by atoms with Crippen molar-refractivity contribution < 1.29 is 34.4 Å². The molecule has 4 aromatic rings. The van der Waals surface area contributed by atoms with E-state index in [1.54, 1.807) is 0 Å². The standard InChI is InChI=1S/C74H100N4O7/c1-66(2)65(85-66)54(80)37-67(3)25-18-46-39-77-60-48(32-43-31-47(44-15-10-8-11-16-44)34-49(33-43)74(83)28-30-84-71(42-74)22-12-9-13-23-71)40-78(61(46)60)41-52-56-58(67)53(79)38-69(56,5)68(4)26-20-55-70(6,63(68)62(52)81)73-27-19-45(35-73)59-51(21-29-76-59)57(73)64(82)72(55)24-14-17-50(36-72)75-7/h21,29,31,33-34,39-40,44-45,50,52,54-55,57,62-63,65,75-77,80-81,83H,8-20,22-28,30,32,35-38,41-42H2,1-7H3/t45-,50-,52-,54-,55-,57+,62-,63+,65-,67+,68+,69+,70-,72+,73-,74+/m1/s1. The van der Waals surface area contributed by atoms with Crippen molar-refractivity contribution in [2.75, 3.05) is 13.7 Å². The highest BCUT2D eigenvalue weighted by Crippen LogP contribution is 2.84. The molecule has 7 saturated carbocycles. The molecule has 6 N–H and O–H groups in total. The van der Waals surface area contributed by atoms with Gasteiger partial charge in [-0.3, -0.25) is 9.59 Å². The first-order chi connectivity index (χ1) is 40.6. The van der Waals surface area contributed by atoms with Crippen LogP contribution in [0.2, 0.25) is 0 Å². The molecule has 16 rings (SSSR count).